The van der Waals surface area contributed by atoms with Gasteiger partial charge in [0.15, 0.2) is 12.1 Å². The van der Waals surface area contributed by atoms with Gasteiger partial charge in [-0.25, -0.2) is 14.8 Å². The van der Waals surface area contributed by atoms with Crippen LogP contribution in [-0.2, 0) is 27.2 Å². The molecule has 1 atom stereocenters. The van der Waals surface area contributed by atoms with E-state index in [4.69, 9.17) is 24.2 Å². The number of carbonyl (C=O) groups excluding carboxylic acids is 1. The molecule has 194 valence electrons. The normalized spacial score (nSPS) is 21.2. The maximum Gasteiger partial charge on any atom is 0.319 e. The SMILES string of the molecule is CCNC(=O)Nc1ccc(-c2nc3c(c(N4CCOCC4C)n2)CCN(CC2OCCCO2)C3)cc1. The number of amides is 2. The number of anilines is 2. The molecule has 2 amide bonds. The Hall–Kier alpha value is -2.79. The van der Waals surface area contributed by atoms with Crippen LogP contribution < -0.4 is 15.5 Å². The zero-order valence-electron chi connectivity index (χ0n) is 21.2. The molecule has 0 spiro atoms. The lowest BCUT2D eigenvalue weighted by atomic mass is 10.0. The lowest BCUT2D eigenvalue weighted by Crippen LogP contribution is -2.46. The quantitative estimate of drug-likeness (QED) is 0.630. The molecule has 2 fully saturated rings. The van der Waals surface area contributed by atoms with Crippen LogP contribution in [0.2, 0.25) is 0 Å². The number of fused-ring (bicyclic) bond motifs is 1. The Labute approximate surface area is 212 Å². The van der Waals surface area contributed by atoms with Gasteiger partial charge in [-0.05, 0) is 51.0 Å². The second-order valence-electron chi connectivity index (χ2n) is 9.49. The molecule has 3 aliphatic heterocycles. The van der Waals surface area contributed by atoms with Crippen molar-refractivity contribution in [3.8, 4) is 11.4 Å². The van der Waals surface area contributed by atoms with Gasteiger partial charge in [-0.1, -0.05) is 0 Å². The highest BCUT2D eigenvalue weighted by atomic mass is 16.7. The number of nitrogens with zero attached hydrogens (tertiary/aromatic N) is 4. The summed E-state index contributed by atoms with van der Waals surface area (Å²) in [5.41, 5.74) is 3.92. The van der Waals surface area contributed by atoms with Gasteiger partial charge in [0.05, 0.1) is 38.2 Å². The zero-order valence-corrected chi connectivity index (χ0v) is 21.2. The molecule has 3 aliphatic rings. The highest BCUT2D eigenvalue weighted by molar-refractivity contribution is 5.89. The largest absolute Gasteiger partial charge is 0.377 e. The van der Waals surface area contributed by atoms with Gasteiger partial charge in [0, 0.05) is 49.5 Å². The minimum Gasteiger partial charge on any atom is -0.377 e. The average molecular weight is 497 g/mol. The van der Waals surface area contributed by atoms with E-state index in [1.54, 1.807) is 0 Å². The summed E-state index contributed by atoms with van der Waals surface area (Å²) >= 11 is 0. The number of aromatic nitrogens is 2. The second-order valence-corrected chi connectivity index (χ2v) is 9.49. The molecule has 0 saturated carbocycles. The van der Waals surface area contributed by atoms with Gasteiger partial charge in [0.1, 0.15) is 5.82 Å². The third kappa shape index (κ3) is 5.78. The van der Waals surface area contributed by atoms with Crippen LogP contribution in [0.15, 0.2) is 24.3 Å². The van der Waals surface area contributed by atoms with Crippen molar-refractivity contribution < 1.29 is 19.0 Å². The molecule has 0 bridgehead atoms. The standard InChI is InChI=1S/C26H36N6O4/c1-3-27-26(33)28-20-7-5-19(6-8-20)24-29-22-15-31(16-23-35-12-4-13-36-23)10-9-21(22)25(30-24)32-11-14-34-17-18(32)2/h5-8,18,23H,3-4,9-17H2,1-2H3,(H2,27,28,33). The van der Waals surface area contributed by atoms with E-state index in [0.717, 1.165) is 75.0 Å². The number of hydrogen-bond donors (Lipinski definition) is 2. The fourth-order valence-corrected chi connectivity index (χ4v) is 4.92. The summed E-state index contributed by atoms with van der Waals surface area (Å²) in [6, 6.07) is 7.71. The van der Waals surface area contributed by atoms with Gasteiger partial charge in [-0.3, -0.25) is 4.90 Å². The molecule has 1 unspecified atom stereocenters. The minimum absolute atomic E-state index is 0.176. The van der Waals surface area contributed by atoms with Crippen molar-refractivity contribution in [3.05, 3.63) is 35.5 Å². The number of morpholine rings is 1. The molecule has 0 radical (unpaired) electrons. The third-order valence-electron chi connectivity index (χ3n) is 6.80. The Bertz CT molecular complexity index is 1040. The van der Waals surface area contributed by atoms with Gasteiger partial charge in [-0.15, -0.1) is 0 Å². The fourth-order valence-electron chi connectivity index (χ4n) is 4.92. The van der Waals surface area contributed by atoms with Crippen LogP contribution in [0.5, 0.6) is 0 Å². The topological polar surface area (TPSA) is 101 Å². The first kappa shape index (κ1) is 24.9. The van der Waals surface area contributed by atoms with Crippen molar-refractivity contribution in [3.63, 3.8) is 0 Å². The highest BCUT2D eigenvalue weighted by Gasteiger charge is 2.30. The van der Waals surface area contributed by atoms with Gasteiger partial charge in [0.2, 0.25) is 0 Å². The summed E-state index contributed by atoms with van der Waals surface area (Å²) in [7, 11) is 0. The molecule has 1 aromatic carbocycles. The number of ether oxygens (including phenoxy) is 3. The molecule has 4 heterocycles. The first-order valence-electron chi connectivity index (χ1n) is 13.0. The lowest BCUT2D eigenvalue weighted by molar-refractivity contribution is -0.187. The predicted molar refractivity (Wildman–Crippen MR) is 137 cm³/mol. The molecule has 36 heavy (non-hydrogen) atoms. The molecule has 2 N–H and O–H groups in total. The molecule has 2 aromatic rings. The van der Waals surface area contributed by atoms with Gasteiger partial charge >= 0.3 is 6.03 Å². The number of benzene rings is 1. The molecule has 0 aliphatic carbocycles. The number of urea groups is 1. The Morgan fingerprint density at radius 3 is 2.67 bits per heavy atom. The van der Waals surface area contributed by atoms with Crippen LogP contribution >= 0.6 is 0 Å². The molecular weight excluding hydrogens is 460 g/mol. The maximum atomic E-state index is 11.9. The van der Waals surface area contributed by atoms with Gasteiger partial charge < -0.3 is 29.7 Å². The van der Waals surface area contributed by atoms with Crippen molar-refractivity contribution >= 4 is 17.5 Å². The van der Waals surface area contributed by atoms with Crippen molar-refractivity contribution in [2.24, 2.45) is 0 Å². The summed E-state index contributed by atoms with van der Waals surface area (Å²) in [6.07, 6.45) is 1.66. The Kier molecular flexibility index (Phi) is 7.96. The number of nitrogens with one attached hydrogen (secondary N) is 2. The van der Waals surface area contributed by atoms with E-state index in [-0.39, 0.29) is 18.4 Å². The molecule has 5 rings (SSSR count). The summed E-state index contributed by atoms with van der Waals surface area (Å²) in [5.74, 6) is 1.71. The van der Waals surface area contributed by atoms with Crippen molar-refractivity contribution in [1.82, 2.24) is 20.2 Å². The summed E-state index contributed by atoms with van der Waals surface area (Å²) in [4.78, 5) is 26.7. The van der Waals surface area contributed by atoms with Crippen molar-refractivity contribution in [2.75, 3.05) is 62.8 Å². The number of hydrogen-bond acceptors (Lipinski definition) is 8. The Morgan fingerprint density at radius 1 is 1.11 bits per heavy atom. The van der Waals surface area contributed by atoms with E-state index in [1.165, 1.54) is 5.56 Å². The van der Waals surface area contributed by atoms with E-state index in [2.05, 4.69) is 27.4 Å². The molecule has 1 aromatic heterocycles. The maximum absolute atomic E-state index is 11.9. The fraction of sp³-hybridized carbons (Fsp3) is 0.577. The monoisotopic (exact) mass is 496 g/mol. The number of rotatable bonds is 6. The lowest BCUT2D eigenvalue weighted by Gasteiger charge is -2.38. The summed E-state index contributed by atoms with van der Waals surface area (Å²) < 4.78 is 17.3. The number of carbonyl (C=O) groups is 1. The minimum atomic E-state index is -0.218. The van der Waals surface area contributed by atoms with E-state index in [1.807, 2.05) is 31.2 Å². The molecular formula is C26H36N6O4. The predicted octanol–water partition coefficient (Wildman–Crippen LogP) is 2.63. The average Bonchev–Trinajstić information content (AvgIpc) is 2.89. The second kappa shape index (κ2) is 11.5. The van der Waals surface area contributed by atoms with E-state index >= 15 is 0 Å². The van der Waals surface area contributed by atoms with Gasteiger partial charge in [-0.2, -0.15) is 0 Å². The first-order valence-corrected chi connectivity index (χ1v) is 13.0. The Morgan fingerprint density at radius 2 is 1.92 bits per heavy atom. The van der Waals surface area contributed by atoms with Crippen LogP contribution in [0.1, 0.15) is 31.5 Å². The van der Waals surface area contributed by atoms with Crippen LogP contribution in [0.25, 0.3) is 11.4 Å². The Balaban J connectivity index is 1.42. The zero-order chi connectivity index (χ0) is 24.9. The smallest absolute Gasteiger partial charge is 0.319 e. The van der Waals surface area contributed by atoms with Crippen LogP contribution in [0.3, 0.4) is 0 Å². The van der Waals surface area contributed by atoms with Gasteiger partial charge in [0.25, 0.3) is 0 Å². The molecule has 2 saturated heterocycles. The first-order chi connectivity index (χ1) is 17.6. The molecule has 10 heteroatoms. The van der Waals surface area contributed by atoms with E-state index in [9.17, 15) is 4.79 Å². The highest BCUT2D eigenvalue weighted by Crippen LogP contribution is 2.32. The third-order valence-corrected chi connectivity index (χ3v) is 6.80. The van der Waals surface area contributed by atoms with Crippen molar-refractivity contribution in [2.45, 2.75) is 45.6 Å². The van der Waals surface area contributed by atoms with E-state index < -0.39 is 0 Å². The van der Waals surface area contributed by atoms with E-state index in [0.29, 0.717) is 25.6 Å². The van der Waals surface area contributed by atoms with Crippen LogP contribution in [0.4, 0.5) is 16.3 Å². The van der Waals surface area contributed by atoms with Crippen LogP contribution in [0, 0.1) is 0 Å². The van der Waals surface area contributed by atoms with Crippen molar-refractivity contribution in [1.29, 1.82) is 0 Å². The molecule has 10 nitrogen and oxygen atoms in total. The summed E-state index contributed by atoms with van der Waals surface area (Å²) in [5, 5.41) is 5.58. The van der Waals surface area contributed by atoms with Crippen LogP contribution in [-0.4, -0.2) is 85.8 Å². The summed E-state index contributed by atoms with van der Waals surface area (Å²) in [6.45, 7) is 10.7.